The molecule has 2 rings (SSSR count). The number of amides is 1. The molecule has 1 aromatic carbocycles. The summed E-state index contributed by atoms with van der Waals surface area (Å²) in [5.41, 5.74) is 1.24. The average Bonchev–Trinajstić information content (AvgIpc) is 2.70. The maximum absolute atomic E-state index is 13.6. The van der Waals surface area contributed by atoms with Gasteiger partial charge in [-0.25, -0.2) is 9.37 Å². The number of aryl methyl sites for hydroxylation is 2. The molecule has 0 fully saturated rings. The summed E-state index contributed by atoms with van der Waals surface area (Å²) in [6.45, 7) is 3.93. The molecular formula is C14H15FN2OS. The van der Waals surface area contributed by atoms with E-state index in [2.05, 4.69) is 4.98 Å². The summed E-state index contributed by atoms with van der Waals surface area (Å²) in [6.07, 6.45) is 0. The second kappa shape index (κ2) is 5.48. The highest BCUT2D eigenvalue weighted by Gasteiger charge is 2.18. The van der Waals surface area contributed by atoms with Gasteiger partial charge in [0.15, 0.2) is 0 Å². The van der Waals surface area contributed by atoms with Crippen LogP contribution >= 0.6 is 11.3 Å². The van der Waals surface area contributed by atoms with Gasteiger partial charge in [0.2, 0.25) is 0 Å². The third-order valence-electron chi connectivity index (χ3n) is 2.81. The first-order valence-electron chi connectivity index (χ1n) is 5.92. The van der Waals surface area contributed by atoms with Gasteiger partial charge in [0.1, 0.15) is 10.7 Å². The molecule has 100 valence electrons. The lowest BCUT2D eigenvalue weighted by molar-refractivity contribution is 0.0787. The Morgan fingerprint density at radius 1 is 1.37 bits per heavy atom. The van der Waals surface area contributed by atoms with Gasteiger partial charge in [-0.1, -0.05) is 18.2 Å². The van der Waals surface area contributed by atoms with E-state index in [1.165, 1.54) is 22.3 Å². The van der Waals surface area contributed by atoms with Gasteiger partial charge in [-0.05, 0) is 19.9 Å². The summed E-state index contributed by atoms with van der Waals surface area (Å²) in [7, 11) is 1.67. The number of hydrogen-bond acceptors (Lipinski definition) is 3. The number of halogens is 1. The predicted octanol–water partition coefficient (Wildman–Crippen LogP) is 3.17. The number of thiazole rings is 1. The maximum Gasteiger partial charge on any atom is 0.265 e. The Kier molecular flexibility index (Phi) is 3.95. The molecule has 0 bridgehead atoms. The third kappa shape index (κ3) is 2.98. The van der Waals surface area contributed by atoms with E-state index in [4.69, 9.17) is 0 Å². The van der Waals surface area contributed by atoms with E-state index < -0.39 is 0 Å². The lowest BCUT2D eigenvalue weighted by atomic mass is 10.2. The zero-order chi connectivity index (χ0) is 14.0. The van der Waals surface area contributed by atoms with Crippen molar-refractivity contribution < 1.29 is 9.18 Å². The first-order valence-corrected chi connectivity index (χ1v) is 6.73. The SMILES string of the molecule is Cc1nc(C)c(C(=O)N(C)Cc2ccccc2F)s1. The summed E-state index contributed by atoms with van der Waals surface area (Å²) in [6, 6.07) is 6.48. The molecule has 0 N–H and O–H groups in total. The number of rotatable bonds is 3. The molecule has 0 radical (unpaired) electrons. The van der Waals surface area contributed by atoms with Gasteiger partial charge in [0.05, 0.1) is 10.7 Å². The molecule has 0 spiro atoms. The van der Waals surface area contributed by atoms with E-state index in [9.17, 15) is 9.18 Å². The quantitative estimate of drug-likeness (QED) is 0.864. The number of carbonyl (C=O) groups is 1. The lowest BCUT2D eigenvalue weighted by Gasteiger charge is -2.17. The largest absolute Gasteiger partial charge is 0.337 e. The Labute approximate surface area is 115 Å². The number of nitrogens with zero attached hydrogens (tertiary/aromatic N) is 2. The van der Waals surface area contributed by atoms with Crippen molar-refractivity contribution in [2.45, 2.75) is 20.4 Å². The van der Waals surface area contributed by atoms with Crippen LogP contribution in [0.15, 0.2) is 24.3 Å². The standard InChI is InChI=1S/C14H15FN2OS/c1-9-13(19-10(2)16-9)14(18)17(3)8-11-6-4-5-7-12(11)15/h4-7H,8H2,1-3H3. The minimum absolute atomic E-state index is 0.119. The Balaban J connectivity index is 2.16. The summed E-state index contributed by atoms with van der Waals surface area (Å²) in [5.74, 6) is -0.411. The Morgan fingerprint density at radius 3 is 2.63 bits per heavy atom. The van der Waals surface area contributed by atoms with Crippen LogP contribution in [0.25, 0.3) is 0 Å². The van der Waals surface area contributed by atoms with Crippen LogP contribution in [0, 0.1) is 19.7 Å². The smallest absolute Gasteiger partial charge is 0.265 e. The fourth-order valence-corrected chi connectivity index (χ4v) is 2.77. The van der Waals surface area contributed by atoms with E-state index in [0.29, 0.717) is 10.4 Å². The Hall–Kier alpha value is -1.75. The number of benzene rings is 1. The third-order valence-corrected chi connectivity index (χ3v) is 3.87. The van der Waals surface area contributed by atoms with E-state index >= 15 is 0 Å². The van der Waals surface area contributed by atoms with Crippen molar-refractivity contribution in [1.29, 1.82) is 0 Å². The van der Waals surface area contributed by atoms with Gasteiger partial charge in [-0.3, -0.25) is 4.79 Å². The van der Waals surface area contributed by atoms with Crippen molar-refractivity contribution in [3.63, 3.8) is 0 Å². The lowest BCUT2D eigenvalue weighted by Crippen LogP contribution is -2.26. The molecule has 1 amide bonds. The molecule has 0 saturated heterocycles. The summed E-state index contributed by atoms with van der Waals surface area (Å²) in [5, 5.41) is 0.861. The molecule has 0 saturated carbocycles. The number of carbonyl (C=O) groups excluding carboxylic acids is 1. The second-order valence-corrected chi connectivity index (χ2v) is 5.60. The highest BCUT2D eigenvalue weighted by Crippen LogP contribution is 2.20. The van der Waals surface area contributed by atoms with E-state index in [0.717, 1.165) is 10.7 Å². The predicted molar refractivity (Wildman–Crippen MR) is 73.8 cm³/mol. The van der Waals surface area contributed by atoms with E-state index in [1.54, 1.807) is 25.2 Å². The highest BCUT2D eigenvalue weighted by atomic mass is 32.1. The zero-order valence-electron chi connectivity index (χ0n) is 11.1. The molecule has 3 nitrogen and oxygen atoms in total. The van der Waals surface area contributed by atoms with Crippen molar-refractivity contribution in [2.24, 2.45) is 0 Å². The Morgan fingerprint density at radius 2 is 2.05 bits per heavy atom. The highest BCUT2D eigenvalue weighted by molar-refractivity contribution is 7.13. The van der Waals surface area contributed by atoms with Crippen LogP contribution in [0.1, 0.15) is 25.9 Å². The maximum atomic E-state index is 13.6. The molecule has 1 heterocycles. The van der Waals surface area contributed by atoms with Crippen LogP contribution in [0.3, 0.4) is 0 Å². The summed E-state index contributed by atoms with van der Waals surface area (Å²) < 4.78 is 13.6. The van der Waals surface area contributed by atoms with E-state index in [1.807, 2.05) is 13.8 Å². The molecule has 2 aromatic rings. The van der Waals surface area contributed by atoms with Crippen LogP contribution in [-0.2, 0) is 6.54 Å². The van der Waals surface area contributed by atoms with Gasteiger partial charge in [0.25, 0.3) is 5.91 Å². The van der Waals surface area contributed by atoms with Gasteiger partial charge in [-0.15, -0.1) is 11.3 Å². The van der Waals surface area contributed by atoms with Gasteiger partial charge < -0.3 is 4.90 Å². The Bertz CT molecular complexity index is 609. The monoisotopic (exact) mass is 278 g/mol. The number of aromatic nitrogens is 1. The molecule has 0 aliphatic carbocycles. The van der Waals surface area contributed by atoms with Crippen LogP contribution in [0.2, 0.25) is 0 Å². The van der Waals surface area contributed by atoms with Crippen LogP contribution in [0.5, 0.6) is 0 Å². The normalized spacial score (nSPS) is 10.5. The fourth-order valence-electron chi connectivity index (χ4n) is 1.86. The zero-order valence-corrected chi connectivity index (χ0v) is 11.9. The first kappa shape index (κ1) is 13.7. The molecule has 0 aliphatic rings. The number of hydrogen-bond donors (Lipinski definition) is 0. The van der Waals surface area contributed by atoms with Gasteiger partial charge >= 0.3 is 0 Å². The minimum Gasteiger partial charge on any atom is -0.337 e. The molecule has 1 aromatic heterocycles. The van der Waals surface area contributed by atoms with Gasteiger partial charge in [-0.2, -0.15) is 0 Å². The van der Waals surface area contributed by atoms with E-state index in [-0.39, 0.29) is 18.3 Å². The molecule has 0 aliphatic heterocycles. The summed E-state index contributed by atoms with van der Waals surface area (Å²) >= 11 is 1.37. The van der Waals surface area contributed by atoms with Crippen molar-refractivity contribution in [2.75, 3.05) is 7.05 Å². The van der Waals surface area contributed by atoms with Crippen molar-refractivity contribution in [3.05, 3.63) is 51.2 Å². The summed E-state index contributed by atoms with van der Waals surface area (Å²) in [4.78, 5) is 18.6. The van der Waals surface area contributed by atoms with Crippen LogP contribution in [0.4, 0.5) is 4.39 Å². The van der Waals surface area contributed by atoms with Crippen LogP contribution in [-0.4, -0.2) is 22.8 Å². The first-order chi connectivity index (χ1) is 8.99. The average molecular weight is 278 g/mol. The van der Waals surface area contributed by atoms with Crippen molar-refractivity contribution in [3.8, 4) is 0 Å². The minimum atomic E-state index is -0.292. The molecule has 19 heavy (non-hydrogen) atoms. The van der Waals surface area contributed by atoms with Crippen molar-refractivity contribution in [1.82, 2.24) is 9.88 Å². The van der Waals surface area contributed by atoms with Gasteiger partial charge in [0, 0.05) is 19.2 Å². The van der Waals surface area contributed by atoms with Crippen molar-refractivity contribution >= 4 is 17.2 Å². The topological polar surface area (TPSA) is 33.2 Å². The molecule has 0 unspecified atom stereocenters. The van der Waals surface area contributed by atoms with Crippen LogP contribution < -0.4 is 0 Å². The molecule has 5 heteroatoms. The molecule has 0 atom stereocenters. The fraction of sp³-hybridized carbons (Fsp3) is 0.286. The second-order valence-electron chi connectivity index (χ2n) is 4.40. The molecular weight excluding hydrogens is 263 g/mol.